The zero-order valence-electron chi connectivity index (χ0n) is 16.8. The summed E-state index contributed by atoms with van der Waals surface area (Å²) in [6.45, 7) is 0. The number of carbonyl (C=O) groups excluding carboxylic acids is 2. The molecule has 0 N–H and O–H groups in total. The maximum atomic E-state index is 13.5. The number of rotatable bonds is 4. The molecule has 3 aromatic carbocycles. The average Bonchev–Trinajstić information content (AvgIpc) is 3.31. The van der Waals surface area contributed by atoms with Crippen molar-refractivity contribution in [1.82, 2.24) is 0 Å². The van der Waals surface area contributed by atoms with Crippen LogP contribution in [0.25, 0.3) is 0 Å². The summed E-state index contributed by atoms with van der Waals surface area (Å²) in [6.07, 6.45) is -1.12. The lowest BCUT2D eigenvalue weighted by Gasteiger charge is -2.29. The smallest absolute Gasteiger partial charge is 0.271 e. The van der Waals surface area contributed by atoms with Gasteiger partial charge in [-0.3, -0.25) is 24.5 Å². The topological polar surface area (TPSA) is 93.0 Å². The van der Waals surface area contributed by atoms with Gasteiger partial charge in [0.15, 0.2) is 6.10 Å². The van der Waals surface area contributed by atoms with Crippen LogP contribution in [-0.4, -0.2) is 22.8 Å². The van der Waals surface area contributed by atoms with Gasteiger partial charge < -0.3 is 0 Å². The molecule has 2 aliphatic heterocycles. The highest BCUT2D eigenvalue weighted by molar-refractivity contribution is 6.32. The lowest BCUT2D eigenvalue weighted by Crippen LogP contribution is -2.37. The molecule has 2 fully saturated rings. The summed E-state index contributed by atoms with van der Waals surface area (Å²) in [6, 6.07) is 18.3. The van der Waals surface area contributed by atoms with Crippen LogP contribution in [0.15, 0.2) is 72.8 Å². The fraction of sp³-hybridized carbons (Fsp3) is 0.130. The van der Waals surface area contributed by atoms with Gasteiger partial charge in [-0.2, -0.15) is 0 Å². The molecule has 0 unspecified atom stereocenters. The van der Waals surface area contributed by atoms with Gasteiger partial charge in [-0.25, -0.2) is 9.96 Å². The number of non-ortho nitro benzene ring substituents is 1. The van der Waals surface area contributed by atoms with Gasteiger partial charge in [-0.05, 0) is 42.0 Å². The number of anilines is 2. The van der Waals surface area contributed by atoms with Crippen molar-refractivity contribution in [3.05, 3.63) is 98.5 Å². The Morgan fingerprint density at radius 1 is 0.879 bits per heavy atom. The molecular formula is C23H15Cl2N3O5. The minimum absolute atomic E-state index is 0.147. The molecule has 10 heteroatoms. The van der Waals surface area contributed by atoms with E-state index in [1.165, 1.54) is 23.3 Å². The number of hydroxylamine groups is 1. The van der Waals surface area contributed by atoms with E-state index >= 15 is 0 Å². The first-order valence-corrected chi connectivity index (χ1v) is 10.7. The van der Waals surface area contributed by atoms with Crippen molar-refractivity contribution < 1.29 is 19.3 Å². The number of hydrogen-bond donors (Lipinski definition) is 0. The van der Waals surface area contributed by atoms with E-state index in [2.05, 4.69) is 0 Å². The number of imide groups is 1. The first-order chi connectivity index (χ1) is 15.9. The summed E-state index contributed by atoms with van der Waals surface area (Å²) >= 11 is 12.4. The molecule has 0 aromatic heterocycles. The van der Waals surface area contributed by atoms with E-state index in [1.54, 1.807) is 54.6 Å². The number of hydrogen-bond acceptors (Lipinski definition) is 6. The minimum Gasteiger partial charge on any atom is -0.273 e. The van der Waals surface area contributed by atoms with Crippen LogP contribution >= 0.6 is 23.2 Å². The van der Waals surface area contributed by atoms with E-state index in [1.807, 2.05) is 0 Å². The Morgan fingerprint density at radius 2 is 1.61 bits per heavy atom. The van der Waals surface area contributed by atoms with Crippen LogP contribution in [0.1, 0.15) is 11.6 Å². The third-order valence-electron chi connectivity index (χ3n) is 5.72. The third-order valence-corrected chi connectivity index (χ3v) is 6.32. The van der Waals surface area contributed by atoms with E-state index in [4.69, 9.17) is 28.0 Å². The van der Waals surface area contributed by atoms with Gasteiger partial charge >= 0.3 is 0 Å². The van der Waals surface area contributed by atoms with Crippen LogP contribution in [0.4, 0.5) is 17.1 Å². The number of nitro benzene ring substituents is 1. The van der Waals surface area contributed by atoms with Gasteiger partial charge in [0.1, 0.15) is 5.92 Å². The molecule has 2 heterocycles. The lowest BCUT2D eigenvalue weighted by atomic mass is 9.90. The van der Waals surface area contributed by atoms with Gasteiger partial charge in [0, 0.05) is 22.2 Å². The van der Waals surface area contributed by atoms with Crippen molar-refractivity contribution in [3.63, 3.8) is 0 Å². The standard InChI is InChI=1S/C23H15Cl2N3O5/c24-13-8-10-14(11-9-13)26-22(29)19-20(17-6-1-2-7-18(17)25)27(33-21(19)23(26)30)15-4-3-5-16(12-15)28(31)32/h1-12,19-21H/t19-,20-,21-/m0/s1. The molecule has 2 aliphatic rings. The molecule has 2 saturated heterocycles. The first-order valence-electron chi connectivity index (χ1n) is 9.95. The highest BCUT2D eigenvalue weighted by Crippen LogP contribution is 2.49. The average molecular weight is 484 g/mol. The third kappa shape index (κ3) is 3.52. The van der Waals surface area contributed by atoms with E-state index < -0.39 is 34.8 Å². The monoisotopic (exact) mass is 483 g/mol. The lowest BCUT2D eigenvalue weighted by molar-refractivity contribution is -0.384. The molecule has 0 saturated carbocycles. The predicted molar refractivity (Wildman–Crippen MR) is 122 cm³/mol. The Balaban J connectivity index is 1.61. The Bertz CT molecular complexity index is 1280. The van der Waals surface area contributed by atoms with Gasteiger partial charge in [0.2, 0.25) is 5.91 Å². The summed E-state index contributed by atoms with van der Waals surface area (Å²) < 4.78 is 0. The molecule has 33 heavy (non-hydrogen) atoms. The Morgan fingerprint density at radius 3 is 2.30 bits per heavy atom. The molecule has 0 bridgehead atoms. The largest absolute Gasteiger partial charge is 0.273 e. The number of carbonyl (C=O) groups is 2. The Hall–Kier alpha value is -3.46. The van der Waals surface area contributed by atoms with E-state index in [-0.39, 0.29) is 5.69 Å². The normalized spacial score (nSPS) is 22.1. The van der Waals surface area contributed by atoms with Gasteiger partial charge in [0.05, 0.1) is 22.3 Å². The van der Waals surface area contributed by atoms with Crippen LogP contribution in [0.5, 0.6) is 0 Å². The SMILES string of the molecule is O=C1[C@@H]2[C@H](ON(c3cccc([N+](=O)[O-])c3)[C@H]2c2ccccc2Cl)C(=O)N1c1ccc(Cl)cc1. The molecule has 166 valence electrons. The van der Waals surface area contributed by atoms with Gasteiger partial charge in [0.25, 0.3) is 11.6 Å². The van der Waals surface area contributed by atoms with E-state index in [0.29, 0.717) is 27.0 Å². The quantitative estimate of drug-likeness (QED) is 0.296. The molecule has 0 aliphatic carbocycles. The zero-order valence-corrected chi connectivity index (χ0v) is 18.3. The van der Waals surface area contributed by atoms with Crippen LogP contribution in [0.2, 0.25) is 10.0 Å². The van der Waals surface area contributed by atoms with Crippen LogP contribution in [-0.2, 0) is 14.4 Å². The first kappa shape index (κ1) is 21.4. The van der Waals surface area contributed by atoms with Crippen LogP contribution in [0.3, 0.4) is 0 Å². The molecule has 3 atom stereocenters. The number of fused-ring (bicyclic) bond motifs is 1. The highest BCUT2D eigenvalue weighted by Gasteiger charge is 2.60. The van der Waals surface area contributed by atoms with E-state index in [0.717, 1.165) is 4.90 Å². The van der Waals surface area contributed by atoms with Crippen molar-refractivity contribution >= 4 is 52.1 Å². The van der Waals surface area contributed by atoms with Crippen molar-refractivity contribution in [2.45, 2.75) is 12.1 Å². The van der Waals surface area contributed by atoms with Crippen molar-refractivity contribution in [2.75, 3.05) is 9.96 Å². The van der Waals surface area contributed by atoms with Crippen LogP contribution < -0.4 is 9.96 Å². The number of halogens is 2. The van der Waals surface area contributed by atoms with Gasteiger partial charge in [-0.15, -0.1) is 0 Å². The highest BCUT2D eigenvalue weighted by atomic mass is 35.5. The second-order valence-electron chi connectivity index (χ2n) is 7.61. The van der Waals surface area contributed by atoms with Crippen molar-refractivity contribution in [2.24, 2.45) is 5.92 Å². The van der Waals surface area contributed by atoms with Crippen LogP contribution in [0, 0.1) is 16.0 Å². The maximum absolute atomic E-state index is 13.5. The summed E-state index contributed by atoms with van der Waals surface area (Å²) in [5.74, 6) is -1.89. The molecular weight excluding hydrogens is 469 g/mol. The summed E-state index contributed by atoms with van der Waals surface area (Å²) in [7, 11) is 0. The predicted octanol–water partition coefficient (Wildman–Crippen LogP) is 4.95. The number of nitrogens with zero attached hydrogens (tertiary/aromatic N) is 3. The van der Waals surface area contributed by atoms with Crippen molar-refractivity contribution in [3.8, 4) is 0 Å². The summed E-state index contributed by atoms with van der Waals surface area (Å²) in [4.78, 5) is 44.7. The van der Waals surface area contributed by atoms with Crippen molar-refractivity contribution in [1.29, 1.82) is 0 Å². The maximum Gasteiger partial charge on any atom is 0.271 e. The molecule has 0 radical (unpaired) electrons. The number of nitro groups is 1. The fourth-order valence-corrected chi connectivity index (χ4v) is 4.63. The second-order valence-corrected chi connectivity index (χ2v) is 8.45. The molecule has 5 rings (SSSR count). The summed E-state index contributed by atoms with van der Waals surface area (Å²) in [5.41, 5.74) is 1.14. The molecule has 3 aromatic rings. The molecule has 8 nitrogen and oxygen atoms in total. The Labute approximate surface area is 198 Å². The molecule has 2 amide bonds. The van der Waals surface area contributed by atoms with E-state index in [9.17, 15) is 19.7 Å². The zero-order chi connectivity index (χ0) is 23.3. The molecule has 0 spiro atoms. The fourth-order valence-electron chi connectivity index (χ4n) is 4.26. The van der Waals surface area contributed by atoms with Gasteiger partial charge in [-0.1, -0.05) is 47.5 Å². The Kier molecular flexibility index (Phi) is 5.28. The second kappa shape index (κ2) is 8.15. The summed E-state index contributed by atoms with van der Waals surface area (Å²) in [5, 5.41) is 13.5. The minimum atomic E-state index is -1.12. The number of amides is 2. The number of benzene rings is 3.